The van der Waals surface area contributed by atoms with Gasteiger partial charge in [0.05, 0.1) is 6.04 Å². The Balaban J connectivity index is 2.04. The van der Waals surface area contributed by atoms with Gasteiger partial charge in [0.15, 0.2) is 0 Å². The maximum Gasteiger partial charge on any atom is 0.259 e. The predicted molar refractivity (Wildman–Crippen MR) is 73.5 cm³/mol. The highest BCUT2D eigenvalue weighted by Crippen LogP contribution is 2.41. The van der Waals surface area contributed by atoms with Crippen molar-refractivity contribution in [2.24, 2.45) is 0 Å². The van der Waals surface area contributed by atoms with Crippen LogP contribution < -0.4 is 0 Å². The third kappa shape index (κ3) is 2.22. The van der Waals surface area contributed by atoms with Gasteiger partial charge in [-0.2, -0.15) is 0 Å². The Bertz CT molecular complexity index is 286. The van der Waals surface area contributed by atoms with Gasteiger partial charge in [-0.05, 0) is 25.1 Å². The monoisotopic (exact) mass is 239 g/mol. The number of thiocarbonyl (C=S) groups is 1. The summed E-state index contributed by atoms with van der Waals surface area (Å²) in [6.07, 6.45) is 6.69. The summed E-state index contributed by atoms with van der Waals surface area (Å²) in [7, 11) is 3.36. The predicted octanol–water partition coefficient (Wildman–Crippen LogP) is 2.60. The van der Waals surface area contributed by atoms with Gasteiger partial charge in [-0.15, -0.1) is 0 Å². The first-order valence-corrected chi connectivity index (χ1v) is 6.90. The van der Waals surface area contributed by atoms with Gasteiger partial charge in [0.2, 0.25) is 0 Å². The summed E-state index contributed by atoms with van der Waals surface area (Å²) in [4.78, 5) is 2.16. The summed E-state index contributed by atoms with van der Waals surface area (Å²) >= 11 is 5.23. The highest BCUT2D eigenvalue weighted by Gasteiger charge is 2.39. The fourth-order valence-electron chi connectivity index (χ4n) is 3.01. The van der Waals surface area contributed by atoms with Crippen LogP contribution in [0.3, 0.4) is 0 Å². The molecule has 0 aromatic heterocycles. The normalized spacial score (nSPS) is 39.7. The van der Waals surface area contributed by atoms with Crippen molar-refractivity contribution in [3.63, 3.8) is 0 Å². The summed E-state index contributed by atoms with van der Waals surface area (Å²) in [5.41, 5.74) is 0. The lowest BCUT2D eigenvalue weighted by atomic mass is 9.50. The molecule has 0 aromatic carbocycles. The van der Waals surface area contributed by atoms with Gasteiger partial charge >= 0.3 is 0 Å². The molecule has 90 valence electrons. The molecule has 1 heterocycles. The van der Waals surface area contributed by atoms with Crippen LogP contribution in [0.2, 0.25) is 12.1 Å². The second-order valence-corrected chi connectivity index (χ2v) is 6.04. The smallest absolute Gasteiger partial charge is 0.259 e. The lowest BCUT2D eigenvalue weighted by Crippen LogP contribution is -2.35. The molecule has 1 aliphatic heterocycles. The standard InChI is InChI=1S/C12H22BNOS/c1-12(13-2)7-4-5-9-10(6-8-12)15-11(16)14(9)3/h9-10,13H,4-8H2,1-3H3. The van der Waals surface area contributed by atoms with E-state index in [0.29, 0.717) is 22.6 Å². The molecule has 1 aliphatic carbocycles. The van der Waals surface area contributed by atoms with E-state index < -0.39 is 0 Å². The fraction of sp³-hybridized carbons (Fsp3) is 0.917. The molecule has 2 rings (SSSR count). The molecule has 1 saturated carbocycles. The summed E-state index contributed by atoms with van der Waals surface area (Å²) in [5.74, 6) is 0. The molecule has 2 nitrogen and oxygen atoms in total. The van der Waals surface area contributed by atoms with E-state index in [1.807, 2.05) is 0 Å². The van der Waals surface area contributed by atoms with Crippen molar-refractivity contribution in [3.8, 4) is 0 Å². The Morgan fingerprint density at radius 2 is 2.19 bits per heavy atom. The molecule has 3 unspecified atom stereocenters. The van der Waals surface area contributed by atoms with Crippen molar-refractivity contribution < 1.29 is 4.74 Å². The van der Waals surface area contributed by atoms with Crippen molar-refractivity contribution in [1.29, 1.82) is 0 Å². The largest absolute Gasteiger partial charge is 0.465 e. The van der Waals surface area contributed by atoms with E-state index in [2.05, 4.69) is 25.7 Å². The van der Waals surface area contributed by atoms with Gasteiger partial charge in [0.1, 0.15) is 13.4 Å². The van der Waals surface area contributed by atoms with Crippen LogP contribution >= 0.6 is 12.2 Å². The van der Waals surface area contributed by atoms with Crippen LogP contribution in [-0.4, -0.2) is 36.5 Å². The zero-order chi connectivity index (χ0) is 11.8. The topological polar surface area (TPSA) is 12.5 Å². The maximum absolute atomic E-state index is 5.81. The van der Waals surface area contributed by atoms with E-state index in [1.54, 1.807) is 0 Å². The summed E-state index contributed by atoms with van der Waals surface area (Å²) in [6, 6.07) is 0.536. The first-order chi connectivity index (χ1) is 7.56. The first kappa shape index (κ1) is 12.2. The number of rotatable bonds is 1. The molecule has 2 aliphatic rings. The molecular weight excluding hydrogens is 217 g/mol. The van der Waals surface area contributed by atoms with E-state index >= 15 is 0 Å². The highest BCUT2D eigenvalue weighted by atomic mass is 32.1. The quantitative estimate of drug-likeness (QED) is 0.515. The zero-order valence-corrected chi connectivity index (χ0v) is 11.5. The van der Waals surface area contributed by atoms with Crippen molar-refractivity contribution in [2.45, 2.75) is 63.3 Å². The molecule has 2 fully saturated rings. The summed E-state index contributed by atoms with van der Waals surface area (Å²) < 4.78 is 5.81. The molecule has 0 aromatic rings. The van der Waals surface area contributed by atoms with Gasteiger partial charge in [-0.25, -0.2) is 0 Å². The van der Waals surface area contributed by atoms with Crippen molar-refractivity contribution in [1.82, 2.24) is 4.90 Å². The van der Waals surface area contributed by atoms with Crippen molar-refractivity contribution >= 4 is 24.7 Å². The van der Waals surface area contributed by atoms with Crippen LogP contribution in [-0.2, 0) is 4.74 Å². The Hall–Kier alpha value is -0.245. The molecule has 0 amide bonds. The first-order valence-electron chi connectivity index (χ1n) is 6.49. The lowest BCUT2D eigenvalue weighted by Gasteiger charge is -2.33. The van der Waals surface area contributed by atoms with E-state index in [-0.39, 0.29) is 0 Å². The average Bonchev–Trinajstić information content (AvgIpc) is 2.51. The number of ether oxygens (including phenoxy) is 1. The minimum Gasteiger partial charge on any atom is -0.465 e. The maximum atomic E-state index is 5.81. The molecule has 3 atom stereocenters. The number of hydrogen-bond donors (Lipinski definition) is 0. The molecule has 0 spiro atoms. The molecule has 0 N–H and O–H groups in total. The van der Waals surface area contributed by atoms with Crippen LogP contribution in [0.1, 0.15) is 39.0 Å². The molecule has 0 bridgehead atoms. The van der Waals surface area contributed by atoms with Crippen LogP contribution in [0.25, 0.3) is 0 Å². The van der Waals surface area contributed by atoms with Crippen LogP contribution in [0.15, 0.2) is 0 Å². The average molecular weight is 239 g/mol. The summed E-state index contributed by atoms with van der Waals surface area (Å²) in [5, 5.41) is 1.23. The van der Waals surface area contributed by atoms with Crippen molar-refractivity contribution in [2.75, 3.05) is 7.05 Å². The second kappa shape index (κ2) is 4.56. The van der Waals surface area contributed by atoms with Crippen LogP contribution in [0.4, 0.5) is 0 Å². The van der Waals surface area contributed by atoms with Gasteiger partial charge in [0.25, 0.3) is 5.17 Å². The molecule has 1 saturated heterocycles. The number of hydrogen-bond acceptors (Lipinski definition) is 2. The molecular formula is C12H22BNOS. The Labute approximate surface area is 105 Å². The minimum absolute atomic E-state index is 0.351. The fourth-order valence-corrected chi connectivity index (χ4v) is 3.27. The molecule has 0 radical (unpaired) electrons. The van der Waals surface area contributed by atoms with E-state index in [0.717, 1.165) is 0 Å². The third-order valence-electron chi connectivity index (χ3n) is 4.63. The zero-order valence-electron chi connectivity index (χ0n) is 10.7. The number of fused-ring (bicyclic) bond motifs is 1. The van der Waals surface area contributed by atoms with E-state index in [4.69, 9.17) is 17.0 Å². The van der Waals surface area contributed by atoms with Crippen molar-refractivity contribution in [3.05, 3.63) is 0 Å². The van der Waals surface area contributed by atoms with Crippen LogP contribution in [0.5, 0.6) is 0 Å². The number of nitrogens with zero attached hydrogens (tertiary/aromatic N) is 1. The van der Waals surface area contributed by atoms with Gasteiger partial charge < -0.3 is 9.64 Å². The summed E-state index contributed by atoms with van der Waals surface area (Å²) in [6.45, 7) is 4.73. The van der Waals surface area contributed by atoms with Crippen LogP contribution in [0, 0.1) is 0 Å². The Morgan fingerprint density at radius 3 is 2.88 bits per heavy atom. The Morgan fingerprint density at radius 1 is 1.44 bits per heavy atom. The minimum atomic E-state index is 0.351. The molecule has 16 heavy (non-hydrogen) atoms. The Kier molecular flexibility index (Phi) is 3.48. The van der Waals surface area contributed by atoms with Gasteiger partial charge in [0, 0.05) is 7.05 Å². The van der Waals surface area contributed by atoms with E-state index in [9.17, 15) is 0 Å². The van der Waals surface area contributed by atoms with E-state index in [1.165, 1.54) is 39.4 Å². The third-order valence-corrected chi connectivity index (χ3v) is 5.02. The van der Waals surface area contributed by atoms with Gasteiger partial charge in [-0.1, -0.05) is 38.3 Å². The second-order valence-electron chi connectivity index (χ2n) is 5.70. The number of likely N-dealkylation sites (N-methyl/N-ethyl adjacent to an activating group) is 1. The lowest BCUT2D eigenvalue weighted by molar-refractivity contribution is 0.153. The highest BCUT2D eigenvalue weighted by molar-refractivity contribution is 7.80. The SMILES string of the molecule is CBC1(C)CCCC2C(CC1)OC(=S)N2C. The van der Waals surface area contributed by atoms with Gasteiger partial charge in [-0.3, -0.25) is 0 Å². The molecule has 4 heteroatoms.